The van der Waals surface area contributed by atoms with Crippen LogP contribution in [-0.4, -0.2) is 40.1 Å². The van der Waals surface area contributed by atoms with Gasteiger partial charge in [0.25, 0.3) is 5.91 Å². The van der Waals surface area contributed by atoms with E-state index in [1.807, 2.05) is 24.3 Å². The fraction of sp³-hybridized carbons (Fsp3) is 0.368. The van der Waals surface area contributed by atoms with Crippen molar-refractivity contribution in [3.05, 3.63) is 58.9 Å². The molecule has 2 aromatic rings. The van der Waals surface area contributed by atoms with Gasteiger partial charge in [-0.15, -0.1) is 0 Å². The molecule has 6 heteroatoms. The fourth-order valence-corrected chi connectivity index (χ4v) is 3.07. The van der Waals surface area contributed by atoms with Gasteiger partial charge in [-0.05, 0) is 36.1 Å². The van der Waals surface area contributed by atoms with Crippen LogP contribution in [0.2, 0.25) is 0 Å². The van der Waals surface area contributed by atoms with E-state index in [0.29, 0.717) is 17.9 Å². The lowest BCUT2D eigenvalue weighted by molar-refractivity contribution is 0.0790. The summed E-state index contributed by atoms with van der Waals surface area (Å²) in [4.78, 5) is 17.3. The van der Waals surface area contributed by atoms with E-state index >= 15 is 0 Å². The molecule has 0 atom stereocenters. The van der Waals surface area contributed by atoms with Gasteiger partial charge in [-0.3, -0.25) is 9.69 Å². The van der Waals surface area contributed by atoms with Crippen molar-refractivity contribution in [2.75, 3.05) is 13.1 Å². The van der Waals surface area contributed by atoms with Crippen molar-refractivity contribution in [3.63, 3.8) is 0 Å². The highest BCUT2D eigenvalue weighted by atomic mass is 16.3. The maximum Gasteiger partial charge on any atom is 0.267 e. The van der Waals surface area contributed by atoms with Crippen molar-refractivity contribution < 1.29 is 9.90 Å². The number of nitriles is 1. The van der Waals surface area contributed by atoms with Gasteiger partial charge in [0.15, 0.2) is 0 Å². The molecule has 1 aliphatic heterocycles. The number of rotatable bonds is 5. The highest BCUT2D eigenvalue weighted by Crippen LogP contribution is 2.16. The predicted molar refractivity (Wildman–Crippen MR) is 93.6 cm³/mol. The van der Waals surface area contributed by atoms with Gasteiger partial charge in [-0.25, -0.2) is 0 Å². The minimum absolute atomic E-state index is 0.176. The molecule has 0 spiro atoms. The number of aliphatic hydroxyl groups excluding tert-OH is 1. The zero-order valence-electron chi connectivity index (χ0n) is 14.0. The predicted octanol–water partition coefficient (Wildman–Crippen LogP) is 1.77. The molecule has 6 nitrogen and oxygen atoms in total. The van der Waals surface area contributed by atoms with Gasteiger partial charge in [0.2, 0.25) is 0 Å². The number of aromatic nitrogens is 1. The second-order valence-corrected chi connectivity index (χ2v) is 6.36. The Morgan fingerprint density at radius 3 is 2.64 bits per heavy atom. The second-order valence-electron chi connectivity index (χ2n) is 6.36. The molecule has 1 aromatic carbocycles. The summed E-state index contributed by atoms with van der Waals surface area (Å²) >= 11 is 0. The first-order valence-electron chi connectivity index (χ1n) is 8.50. The third-order valence-electron chi connectivity index (χ3n) is 4.56. The molecule has 1 amide bonds. The molecule has 1 fully saturated rings. The van der Waals surface area contributed by atoms with Crippen LogP contribution in [0.1, 0.15) is 40.2 Å². The van der Waals surface area contributed by atoms with Crippen molar-refractivity contribution in [2.45, 2.75) is 32.0 Å². The molecule has 1 saturated heterocycles. The van der Waals surface area contributed by atoms with E-state index in [0.717, 1.165) is 38.0 Å². The number of benzene rings is 1. The summed E-state index contributed by atoms with van der Waals surface area (Å²) in [5.74, 6) is -0.225. The van der Waals surface area contributed by atoms with Gasteiger partial charge >= 0.3 is 0 Å². The summed E-state index contributed by atoms with van der Waals surface area (Å²) in [5, 5.41) is 21.3. The Kier molecular flexibility index (Phi) is 5.49. The van der Waals surface area contributed by atoms with E-state index in [9.17, 15) is 9.90 Å². The van der Waals surface area contributed by atoms with E-state index in [-0.39, 0.29) is 12.0 Å². The van der Waals surface area contributed by atoms with Gasteiger partial charge in [-0.2, -0.15) is 5.26 Å². The first kappa shape index (κ1) is 17.2. The van der Waals surface area contributed by atoms with Crippen LogP contribution in [0.3, 0.4) is 0 Å². The molecule has 25 heavy (non-hydrogen) atoms. The first-order valence-corrected chi connectivity index (χ1v) is 8.50. The van der Waals surface area contributed by atoms with E-state index in [4.69, 9.17) is 5.26 Å². The molecule has 1 aliphatic rings. The Morgan fingerprint density at radius 1 is 1.24 bits per heavy atom. The molecule has 130 valence electrons. The Balaban J connectivity index is 1.61. The minimum Gasteiger partial charge on any atom is -0.393 e. The Bertz CT molecular complexity index is 770. The number of carbonyl (C=O) groups is 1. The molecule has 3 rings (SSSR count). The van der Waals surface area contributed by atoms with Crippen LogP contribution < -0.4 is 5.32 Å². The summed E-state index contributed by atoms with van der Waals surface area (Å²) in [6, 6.07) is 13.2. The van der Waals surface area contributed by atoms with Crippen LogP contribution >= 0.6 is 0 Å². The summed E-state index contributed by atoms with van der Waals surface area (Å²) in [5.41, 5.74) is 3.02. The average molecular weight is 338 g/mol. The minimum atomic E-state index is -0.225. The maximum atomic E-state index is 12.2. The number of H-pyrrole nitrogens is 1. The molecule has 0 aliphatic carbocycles. The lowest BCUT2D eigenvalue weighted by Gasteiger charge is -2.30. The van der Waals surface area contributed by atoms with Crippen LogP contribution in [0.25, 0.3) is 0 Å². The number of piperidine rings is 1. The third-order valence-corrected chi connectivity index (χ3v) is 4.56. The van der Waals surface area contributed by atoms with E-state index < -0.39 is 0 Å². The van der Waals surface area contributed by atoms with Crippen molar-refractivity contribution in [3.8, 4) is 6.07 Å². The monoisotopic (exact) mass is 338 g/mol. The van der Waals surface area contributed by atoms with Crippen molar-refractivity contribution >= 4 is 5.91 Å². The van der Waals surface area contributed by atoms with Gasteiger partial charge in [0.1, 0.15) is 17.5 Å². The smallest absolute Gasteiger partial charge is 0.267 e. The molecule has 2 heterocycles. The lowest BCUT2D eigenvalue weighted by atomic mass is 10.0. The molecule has 1 aromatic heterocycles. The van der Waals surface area contributed by atoms with E-state index in [1.165, 1.54) is 5.56 Å². The SMILES string of the molecule is N#Cc1ccc(C(=O)NCc2ccccc2CN2CCC(O)CC2)[nH]1. The molecule has 0 unspecified atom stereocenters. The zero-order valence-corrected chi connectivity index (χ0v) is 14.0. The van der Waals surface area contributed by atoms with Crippen molar-refractivity contribution in [1.82, 2.24) is 15.2 Å². The van der Waals surface area contributed by atoms with Gasteiger partial charge in [-0.1, -0.05) is 24.3 Å². The van der Waals surface area contributed by atoms with Crippen LogP contribution in [0, 0.1) is 11.3 Å². The van der Waals surface area contributed by atoms with Crippen molar-refractivity contribution in [2.24, 2.45) is 0 Å². The summed E-state index contributed by atoms with van der Waals surface area (Å²) in [6.07, 6.45) is 1.45. The summed E-state index contributed by atoms with van der Waals surface area (Å²) in [6.45, 7) is 3.04. The number of nitrogens with one attached hydrogen (secondary N) is 2. The fourth-order valence-electron chi connectivity index (χ4n) is 3.07. The van der Waals surface area contributed by atoms with Crippen LogP contribution in [0.4, 0.5) is 0 Å². The van der Waals surface area contributed by atoms with Crippen LogP contribution in [0.5, 0.6) is 0 Å². The number of aliphatic hydroxyl groups is 1. The third kappa shape index (κ3) is 4.47. The number of hydrogen-bond donors (Lipinski definition) is 3. The normalized spacial score (nSPS) is 15.7. The van der Waals surface area contributed by atoms with Crippen LogP contribution in [0.15, 0.2) is 36.4 Å². The van der Waals surface area contributed by atoms with Crippen molar-refractivity contribution in [1.29, 1.82) is 5.26 Å². The topological polar surface area (TPSA) is 92.2 Å². The van der Waals surface area contributed by atoms with Crippen LogP contribution in [-0.2, 0) is 13.1 Å². The Hall–Kier alpha value is -2.62. The number of carbonyl (C=O) groups excluding carboxylic acids is 1. The molecule has 0 radical (unpaired) electrons. The number of hydrogen-bond acceptors (Lipinski definition) is 4. The molecule has 0 saturated carbocycles. The van der Waals surface area contributed by atoms with E-state index in [2.05, 4.69) is 21.3 Å². The quantitative estimate of drug-likeness (QED) is 0.775. The van der Waals surface area contributed by atoms with E-state index in [1.54, 1.807) is 12.1 Å². The number of amides is 1. The molecule has 0 bridgehead atoms. The first-order chi connectivity index (χ1) is 12.2. The Labute approximate surface area is 147 Å². The molecular weight excluding hydrogens is 316 g/mol. The van der Waals surface area contributed by atoms with Gasteiger partial charge < -0.3 is 15.4 Å². The standard InChI is InChI=1S/C19H22N4O2/c20-11-16-5-6-18(22-16)19(25)21-12-14-3-1-2-4-15(14)13-23-9-7-17(24)8-10-23/h1-6,17,22,24H,7-10,12-13H2,(H,21,25). The van der Waals surface area contributed by atoms with Gasteiger partial charge in [0, 0.05) is 26.2 Å². The maximum absolute atomic E-state index is 12.2. The second kappa shape index (κ2) is 7.97. The van der Waals surface area contributed by atoms with Gasteiger partial charge in [0.05, 0.1) is 6.10 Å². The zero-order chi connectivity index (χ0) is 17.6. The molecular formula is C19H22N4O2. The lowest BCUT2D eigenvalue weighted by Crippen LogP contribution is -2.35. The number of aromatic amines is 1. The number of likely N-dealkylation sites (tertiary alicyclic amines) is 1. The Morgan fingerprint density at radius 2 is 1.96 bits per heavy atom. The average Bonchev–Trinajstić information content (AvgIpc) is 3.12. The summed E-state index contributed by atoms with van der Waals surface area (Å²) in [7, 11) is 0. The largest absolute Gasteiger partial charge is 0.393 e. The summed E-state index contributed by atoms with van der Waals surface area (Å²) < 4.78 is 0. The molecule has 3 N–H and O–H groups in total. The number of nitrogens with zero attached hydrogens (tertiary/aromatic N) is 2. The highest BCUT2D eigenvalue weighted by molar-refractivity contribution is 5.92. The highest BCUT2D eigenvalue weighted by Gasteiger charge is 2.18.